The third-order valence-corrected chi connectivity index (χ3v) is 5.93. The third kappa shape index (κ3) is 3.77. The van der Waals surface area contributed by atoms with Gasteiger partial charge in [0.2, 0.25) is 0 Å². The van der Waals surface area contributed by atoms with Crippen LogP contribution in [0, 0.1) is 0 Å². The highest BCUT2D eigenvalue weighted by molar-refractivity contribution is 5.75. The fourth-order valence-corrected chi connectivity index (χ4v) is 4.27. The summed E-state index contributed by atoms with van der Waals surface area (Å²) in [7, 11) is 0. The number of piperidine rings is 1. The van der Waals surface area contributed by atoms with Crippen molar-refractivity contribution in [2.24, 2.45) is 0 Å². The van der Waals surface area contributed by atoms with Crippen LogP contribution < -0.4 is 4.74 Å². The number of rotatable bonds is 2. The number of benzene rings is 2. The Morgan fingerprint density at radius 2 is 1.67 bits per heavy atom. The van der Waals surface area contributed by atoms with Crippen molar-refractivity contribution < 1.29 is 9.53 Å². The number of hydrogen-bond donors (Lipinski definition) is 1. The number of carbonyl (C=O) groups excluding carboxylic acids is 1. The molecule has 2 aliphatic rings. The molecular formula is C24H26N4O2. The second-order valence-corrected chi connectivity index (χ2v) is 7.94. The minimum Gasteiger partial charge on any atom is -0.491 e. The molecule has 0 radical (unpaired) electrons. The Labute approximate surface area is 176 Å². The number of H-pyrrole nitrogens is 1. The van der Waals surface area contributed by atoms with E-state index in [9.17, 15) is 4.79 Å². The molecule has 5 rings (SSSR count). The largest absolute Gasteiger partial charge is 0.491 e. The van der Waals surface area contributed by atoms with Crippen LogP contribution in [0.25, 0.3) is 22.5 Å². The van der Waals surface area contributed by atoms with Crippen LogP contribution >= 0.6 is 0 Å². The van der Waals surface area contributed by atoms with E-state index in [1.54, 1.807) is 6.20 Å². The Morgan fingerprint density at radius 1 is 0.900 bits per heavy atom. The van der Waals surface area contributed by atoms with Crippen molar-refractivity contribution >= 4 is 6.03 Å². The molecule has 3 aromatic rings. The Balaban J connectivity index is 1.37. The molecule has 0 unspecified atom stereocenters. The van der Waals surface area contributed by atoms with Gasteiger partial charge in [0.25, 0.3) is 0 Å². The van der Waals surface area contributed by atoms with Gasteiger partial charge in [-0.25, -0.2) is 9.78 Å². The van der Waals surface area contributed by atoms with Crippen LogP contribution in [0.2, 0.25) is 0 Å². The number of fused-ring (bicyclic) bond motifs is 1. The second-order valence-electron chi connectivity index (χ2n) is 7.94. The maximum Gasteiger partial charge on any atom is 0.320 e. The van der Waals surface area contributed by atoms with Crippen LogP contribution in [-0.4, -0.2) is 52.0 Å². The number of urea groups is 1. The molecule has 2 aromatic carbocycles. The highest BCUT2D eigenvalue weighted by Gasteiger charge is 2.25. The molecule has 2 amide bonds. The van der Waals surface area contributed by atoms with Gasteiger partial charge in [-0.3, -0.25) is 0 Å². The van der Waals surface area contributed by atoms with Crippen molar-refractivity contribution in [2.75, 3.05) is 26.2 Å². The SMILES string of the molecule is O=C(N1CCCCC1)N1CCOc2ccc(-c3ccc(-c4ncc[nH]4)cc3)cc2C1. The maximum absolute atomic E-state index is 13.0. The van der Waals surface area contributed by atoms with Crippen LogP contribution in [0.5, 0.6) is 5.75 Å². The summed E-state index contributed by atoms with van der Waals surface area (Å²) in [5.74, 6) is 1.74. The number of aromatic nitrogens is 2. The highest BCUT2D eigenvalue weighted by atomic mass is 16.5. The molecule has 3 heterocycles. The molecule has 0 saturated carbocycles. The lowest BCUT2D eigenvalue weighted by Gasteiger charge is -2.32. The summed E-state index contributed by atoms with van der Waals surface area (Å²) in [6.45, 7) is 3.47. The average Bonchev–Trinajstić information content (AvgIpc) is 3.26. The molecular weight excluding hydrogens is 376 g/mol. The summed E-state index contributed by atoms with van der Waals surface area (Å²) < 4.78 is 5.95. The molecule has 30 heavy (non-hydrogen) atoms. The Kier molecular flexibility index (Phi) is 5.13. The minimum absolute atomic E-state index is 0.138. The predicted molar refractivity (Wildman–Crippen MR) is 116 cm³/mol. The van der Waals surface area contributed by atoms with Crippen molar-refractivity contribution in [2.45, 2.75) is 25.8 Å². The number of ether oxygens (including phenoxy) is 1. The van der Waals surface area contributed by atoms with Crippen LogP contribution in [0.1, 0.15) is 24.8 Å². The summed E-state index contributed by atoms with van der Waals surface area (Å²) in [5.41, 5.74) is 4.37. The molecule has 0 bridgehead atoms. The van der Waals surface area contributed by atoms with Gasteiger partial charge in [0.15, 0.2) is 0 Å². The Morgan fingerprint density at radius 3 is 2.43 bits per heavy atom. The summed E-state index contributed by atoms with van der Waals surface area (Å²) in [4.78, 5) is 24.4. The number of carbonyl (C=O) groups is 1. The number of nitrogens with one attached hydrogen (secondary N) is 1. The Bertz CT molecular complexity index is 1010. The molecule has 1 aromatic heterocycles. The van der Waals surface area contributed by atoms with Gasteiger partial charge >= 0.3 is 6.03 Å². The van der Waals surface area contributed by atoms with E-state index in [4.69, 9.17) is 4.74 Å². The number of nitrogens with zero attached hydrogens (tertiary/aromatic N) is 3. The summed E-state index contributed by atoms with van der Waals surface area (Å²) in [5, 5.41) is 0. The molecule has 0 atom stereocenters. The van der Waals surface area contributed by atoms with E-state index >= 15 is 0 Å². The van der Waals surface area contributed by atoms with Crippen LogP contribution in [0.15, 0.2) is 54.9 Å². The summed E-state index contributed by atoms with van der Waals surface area (Å²) in [6.07, 6.45) is 7.01. The number of imidazole rings is 1. The topological polar surface area (TPSA) is 61.5 Å². The molecule has 0 spiro atoms. The van der Waals surface area contributed by atoms with E-state index in [0.717, 1.165) is 59.8 Å². The van der Waals surface area contributed by atoms with E-state index in [-0.39, 0.29) is 6.03 Å². The van der Waals surface area contributed by atoms with Gasteiger partial charge < -0.3 is 19.5 Å². The minimum atomic E-state index is 0.138. The predicted octanol–water partition coefficient (Wildman–Crippen LogP) is 4.54. The molecule has 1 saturated heterocycles. The molecule has 6 nitrogen and oxygen atoms in total. The van der Waals surface area contributed by atoms with Crippen LogP contribution in [0.3, 0.4) is 0 Å². The molecule has 6 heteroatoms. The van der Waals surface area contributed by atoms with Crippen LogP contribution in [0.4, 0.5) is 4.79 Å². The Hall–Kier alpha value is -3.28. The van der Waals surface area contributed by atoms with Gasteiger partial charge in [0.05, 0.1) is 13.1 Å². The number of amides is 2. The first kappa shape index (κ1) is 18.7. The normalized spacial score (nSPS) is 16.5. The lowest BCUT2D eigenvalue weighted by Crippen LogP contribution is -2.45. The summed E-state index contributed by atoms with van der Waals surface area (Å²) >= 11 is 0. The molecule has 1 N–H and O–H groups in total. The number of likely N-dealkylation sites (tertiary alicyclic amines) is 1. The van der Waals surface area contributed by atoms with Crippen LogP contribution in [-0.2, 0) is 6.54 Å². The third-order valence-electron chi connectivity index (χ3n) is 5.93. The van der Waals surface area contributed by atoms with Crippen molar-refractivity contribution in [3.8, 4) is 28.3 Å². The van der Waals surface area contributed by atoms with Gasteiger partial charge in [-0.1, -0.05) is 30.3 Å². The van der Waals surface area contributed by atoms with Gasteiger partial charge in [0.1, 0.15) is 18.2 Å². The standard InChI is InChI=1S/C24H26N4O2/c29-24(27-12-2-1-3-13-27)28-14-15-30-22-9-8-20(16-21(22)17-28)18-4-6-19(7-5-18)23-25-10-11-26-23/h4-11,16H,1-3,12-15,17H2,(H,25,26). The van der Waals surface area contributed by atoms with Crippen molar-refractivity contribution in [1.29, 1.82) is 0 Å². The molecule has 0 aliphatic carbocycles. The van der Waals surface area contributed by atoms with Gasteiger partial charge in [-0.15, -0.1) is 0 Å². The summed E-state index contributed by atoms with van der Waals surface area (Å²) in [6, 6.07) is 14.8. The lowest BCUT2D eigenvalue weighted by atomic mass is 10.0. The fourth-order valence-electron chi connectivity index (χ4n) is 4.27. The number of aromatic amines is 1. The van der Waals surface area contributed by atoms with Gasteiger partial charge in [-0.05, 0) is 42.5 Å². The van der Waals surface area contributed by atoms with E-state index in [1.165, 1.54) is 6.42 Å². The number of hydrogen-bond acceptors (Lipinski definition) is 3. The van der Waals surface area contributed by atoms with Gasteiger partial charge in [-0.2, -0.15) is 0 Å². The van der Waals surface area contributed by atoms with E-state index in [2.05, 4.69) is 46.4 Å². The molecule has 154 valence electrons. The average molecular weight is 402 g/mol. The molecule has 1 fully saturated rings. The van der Waals surface area contributed by atoms with E-state index in [0.29, 0.717) is 19.7 Å². The lowest BCUT2D eigenvalue weighted by molar-refractivity contribution is 0.137. The first-order valence-electron chi connectivity index (χ1n) is 10.7. The molecule has 2 aliphatic heterocycles. The monoisotopic (exact) mass is 402 g/mol. The van der Waals surface area contributed by atoms with Crippen molar-refractivity contribution in [3.63, 3.8) is 0 Å². The van der Waals surface area contributed by atoms with Crippen molar-refractivity contribution in [1.82, 2.24) is 19.8 Å². The van der Waals surface area contributed by atoms with Gasteiger partial charge in [0, 0.05) is 36.6 Å². The zero-order valence-corrected chi connectivity index (χ0v) is 17.0. The second kappa shape index (κ2) is 8.22. The highest BCUT2D eigenvalue weighted by Crippen LogP contribution is 2.30. The first-order chi connectivity index (χ1) is 14.8. The zero-order valence-electron chi connectivity index (χ0n) is 17.0. The zero-order chi connectivity index (χ0) is 20.3. The first-order valence-corrected chi connectivity index (χ1v) is 10.7. The van der Waals surface area contributed by atoms with E-state index in [1.807, 2.05) is 22.1 Å². The maximum atomic E-state index is 13.0. The smallest absolute Gasteiger partial charge is 0.320 e. The quantitative estimate of drug-likeness (QED) is 0.684. The van der Waals surface area contributed by atoms with E-state index < -0.39 is 0 Å². The fraction of sp³-hybridized carbons (Fsp3) is 0.333. The van der Waals surface area contributed by atoms with Crippen molar-refractivity contribution in [3.05, 3.63) is 60.4 Å².